The largest absolute Gasteiger partial charge is 0.457 e. The highest BCUT2D eigenvalue weighted by Crippen LogP contribution is 2.28. The second-order valence-electron chi connectivity index (χ2n) is 6.18. The number of fused-ring (bicyclic) bond motifs is 1. The van der Waals surface area contributed by atoms with Crippen LogP contribution in [0.2, 0.25) is 5.02 Å². The number of amides is 2. The summed E-state index contributed by atoms with van der Waals surface area (Å²) in [7, 11) is -3.80. The van der Waals surface area contributed by atoms with Gasteiger partial charge in [0.1, 0.15) is 11.5 Å². The number of carbonyl (C=O) groups is 2. The SMILES string of the molecule is O=C1NC(=O)c2cc(Oc3cccc(NS(=O)(=O)c4ccc(Cl)cc4)c3)ccc21. The summed E-state index contributed by atoms with van der Waals surface area (Å²) in [4.78, 5) is 23.5. The minimum Gasteiger partial charge on any atom is -0.457 e. The number of imide groups is 1. The number of rotatable bonds is 5. The summed E-state index contributed by atoms with van der Waals surface area (Å²) in [6, 6.07) is 16.6. The van der Waals surface area contributed by atoms with E-state index in [1.54, 1.807) is 24.3 Å². The molecule has 29 heavy (non-hydrogen) atoms. The molecule has 3 aromatic rings. The van der Waals surface area contributed by atoms with Crippen molar-refractivity contribution < 1.29 is 22.7 Å². The molecular weight excluding hydrogens is 416 g/mol. The Balaban J connectivity index is 1.55. The normalized spacial score (nSPS) is 13.0. The molecule has 2 N–H and O–H groups in total. The van der Waals surface area contributed by atoms with Gasteiger partial charge in [0.15, 0.2) is 0 Å². The molecule has 2 amide bonds. The summed E-state index contributed by atoms with van der Waals surface area (Å²) in [5, 5.41) is 2.64. The maximum Gasteiger partial charge on any atom is 0.261 e. The molecule has 0 spiro atoms. The number of carbonyl (C=O) groups excluding carboxylic acids is 2. The molecule has 1 aliphatic heterocycles. The molecular formula is C20H13ClN2O5S. The Bertz CT molecular complexity index is 1240. The molecule has 3 aromatic carbocycles. The highest BCUT2D eigenvalue weighted by atomic mass is 35.5. The summed E-state index contributed by atoms with van der Waals surface area (Å²) < 4.78 is 33.2. The van der Waals surface area contributed by atoms with E-state index in [1.807, 2.05) is 0 Å². The molecule has 0 aliphatic carbocycles. The summed E-state index contributed by atoms with van der Waals surface area (Å²) in [5.41, 5.74) is 0.811. The van der Waals surface area contributed by atoms with E-state index < -0.39 is 21.8 Å². The third-order valence-corrected chi connectivity index (χ3v) is 5.80. The average Bonchev–Trinajstić information content (AvgIpc) is 2.95. The lowest BCUT2D eigenvalue weighted by Gasteiger charge is -2.11. The van der Waals surface area contributed by atoms with Crippen LogP contribution in [0.15, 0.2) is 71.6 Å². The first kappa shape index (κ1) is 19.0. The zero-order valence-corrected chi connectivity index (χ0v) is 16.3. The van der Waals surface area contributed by atoms with Gasteiger partial charge < -0.3 is 4.74 Å². The Labute approximate surface area is 171 Å². The van der Waals surface area contributed by atoms with Gasteiger partial charge in [0, 0.05) is 11.1 Å². The second-order valence-corrected chi connectivity index (χ2v) is 8.30. The third kappa shape index (κ3) is 3.94. The molecule has 1 heterocycles. The third-order valence-electron chi connectivity index (χ3n) is 4.15. The van der Waals surface area contributed by atoms with E-state index in [2.05, 4.69) is 10.0 Å². The van der Waals surface area contributed by atoms with E-state index in [0.717, 1.165) is 0 Å². The van der Waals surface area contributed by atoms with Crippen LogP contribution < -0.4 is 14.8 Å². The molecule has 146 valence electrons. The van der Waals surface area contributed by atoms with E-state index in [9.17, 15) is 18.0 Å². The number of halogens is 1. The number of hydrogen-bond acceptors (Lipinski definition) is 5. The topological polar surface area (TPSA) is 102 Å². The molecule has 0 saturated carbocycles. The van der Waals surface area contributed by atoms with Crippen molar-refractivity contribution in [2.24, 2.45) is 0 Å². The van der Waals surface area contributed by atoms with Gasteiger partial charge in [0.2, 0.25) is 0 Å². The monoisotopic (exact) mass is 428 g/mol. The van der Waals surface area contributed by atoms with Crippen molar-refractivity contribution in [3.05, 3.63) is 82.9 Å². The Morgan fingerprint density at radius 2 is 1.52 bits per heavy atom. The molecule has 4 rings (SSSR count). The highest BCUT2D eigenvalue weighted by Gasteiger charge is 2.27. The number of hydrogen-bond donors (Lipinski definition) is 2. The van der Waals surface area contributed by atoms with Crippen molar-refractivity contribution in [3.63, 3.8) is 0 Å². The van der Waals surface area contributed by atoms with E-state index in [0.29, 0.717) is 22.2 Å². The van der Waals surface area contributed by atoms with Gasteiger partial charge in [-0.3, -0.25) is 19.6 Å². The van der Waals surface area contributed by atoms with Crippen molar-refractivity contribution in [2.45, 2.75) is 4.90 Å². The van der Waals surface area contributed by atoms with Crippen LogP contribution in [0.4, 0.5) is 5.69 Å². The van der Waals surface area contributed by atoms with Gasteiger partial charge in [-0.1, -0.05) is 17.7 Å². The number of nitrogens with one attached hydrogen (secondary N) is 2. The van der Waals surface area contributed by atoms with Crippen LogP contribution in [-0.4, -0.2) is 20.2 Å². The predicted molar refractivity (Wildman–Crippen MR) is 107 cm³/mol. The fourth-order valence-electron chi connectivity index (χ4n) is 2.80. The molecule has 7 nitrogen and oxygen atoms in total. The molecule has 0 aromatic heterocycles. The maximum absolute atomic E-state index is 12.5. The van der Waals surface area contributed by atoms with E-state index in [-0.39, 0.29) is 16.0 Å². The van der Waals surface area contributed by atoms with E-state index in [4.69, 9.17) is 16.3 Å². The standard InChI is InChI=1S/C20H13ClN2O5S/c21-12-4-7-16(8-5-12)29(26,27)23-13-2-1-3-14(10-13)28-15-6-9-17-18(11-15)20(25)22-19(17)24/h1-11,23H,(H,22,24,25). The first-order chi connectivity index (χ1) is 13.8. The average molecular weight is 429 g/mol. The van der Waals surface area contributed by atoms with Crippen molar-refractivity contribution in [3.8, 4) is 11.5 Å². The summed E-state index contributed by atoms with van der Waals surface area (Å²) in [6.45, 7) is 0. The molecule has 9 heteroatoms. The van der Waals surface area contributed by atoms with E-state index in [1.165, 1.54) is 42.5 Å². The predicted octanol–water partition coefficient (Wildman–Crippen LogP) is 3.82. The number of anilines is 1. The van der Waals surface area contributed by atoms with Crippen LogP contribution in [0, 0.1) is 0 Å². The van der Waals surface area contributed by atoms with Crippen LogP contribution in [0.1, 0.15) is 20.7 Å². The van der Waals surface area contributed by atoms with Gasteiger partial charge in [-0.15, -0.1) is 0 Å². The van der Waals surface area contributed by atoms with Crippen LogP contribution >= 0.6 is 11.6 Å². The van der Waals surface area contributed by atoms with Gasteiger partial charge in [-0.05, 0) is 54.6 Å². The van der Waals surface area contributed by atoms with E-state index >= 15 is 0 Å². The maximum atomic E-state index is 12.5. The van der Waals surface area contributed by atoms with Crippen LogP contribution in [0.5, 0.6) is 11.5 Å². The van der Waals surface area contributed by atoms with Gasteiger partial charge in [-0.2, -0.15) is 0 Å². The van der Waals surface area contributed by atoms with Gasteiger partial charge >= 0.3 is 0 Å². The van der Waals surface area contributed by atoms with Crippen molar-refractivity contribution >= 4 is 39.1 Å². The minimum absolute atomic E-state index is 0.0718. The molecule has 0 atom stereocenters. The Hall–Kier alpha value is -3.36. The molecule has 0 saturated heterocycles. The minimum atomic E-state index is -3.80. The second kappa shape index (κ2) is 7.23. The summed E-state index contributed by atoms with van der Waals surface area (Å²) >= 11 is 5.80. The van der Waals surface area contributed by atoms with Crippen molar-refractivity contribution in [2.75, 3.05) is 4.72 Å². The fourth-order valence-corrected chi connectivity index (χ4v) is 3.97. The smallest absolute Gasteiger partial charge is 0.261 e. The quantitative estimate of drug-likeness (QED) is 0.601. The fraction of sp³-hybridized carbons (Fsp3) is 0. The van der Waals surface area contributed by atoms with Crippen LogP contribution in [-0.2, 0) is 10.0 Å². The number of benzene rings is 3. The molecule has 0 radical (unpaired) electrons. The molecule has 0 bridgehead atoms. The zero-order valence-electron chi connectivity index (χ0n) is 14.7. The lowest BCUT2D eigenvalue weighted by Crippen LogP contribution is -2.19. The van der Waals surface area contributed by atoms with Gasteiger partial charge in [0.05, 0.1) is 21.7 Å². The first-order valence-corrected chi connectivity index (χ1v) is 10.2. The van der Waals surface area contributed by atoms with Gasteiger partial charge in [-0.25, -0.2) is 8.42 Å². The van der Waals surface area contributed by atoms with Crippen molar-refractivity contribution in [1.82, 2.24) is 5.32 Å². The number of sulfonamides is 1. The van der Waals surface area contributed by atoms with Crippen LogP contribution in [0.25, 0.3) is 0 Å². The van der Waals surface area contributed by atoms with Crippen molar-refractivity contribution in [1.29, 1.82) is 0 Å². The highest BCUT2D eigenvalue weighted by molar-refractivity contribution is 7.92. The lowest BCUT2D eigenvalue weighted by atomic mass is 10.1. The Morgan fingerprint density at radius 1 is 0.828 bits per heavy atom. The lowest BCUT2D eigenvalue weighted by molar-refractivity contribution is 0.0879. The Morgan fingerprint density at radius 3 is 2.28 bits per heavy atom. The van der Waals surface area contributed by atoms with Gasteiger partial charge in [0.25, 0.3) is 21.8 Å². The summed E-state index contributed by atoms with van der Waals surface area (Å²) in [6.07, 6.45) is 0. The first-order valence-electron chi connectivity index (χ1n) is 8.38. The Kier molecular flexibility index (Phi) is 4.73. The zero-order chi connectivity index (χ0) is 20.6. The molecule has 0 unspecified atom stereocenters. The number of ether oxygens (including phenoxy) is 1. The van der Waals surface area contributed by atoms with Crippen LogP contribution in [0.3, 0.4) is 0 Å². The summed E-state index contributed by atoms with van der Waals surface area (Å²) in [5.74, 6) is -0.243. The molecule has 0 fully saturated rings. The molecule has 1 aliphatic rings.